The van der Waals surface area contributed by atoms with Gasteiger partial charge < -0.3 is 5.11 Å². The number of benzene rings is 1. The molecule has 0 spiro atoms. The van der Waals surface area contributed by atoms with Crippen LogP contribution in [0, 0.1) is 5.41 Å². The molecule has 1 N–H and O–H groups in total. The quantitative estimate of drug-likeness (QED) is 0.881. The topological polar surface area (TPSA) is 23.5 Å². The first-order chi connectivity index (χ1) is 8.33. The van der Waals surface area contributed by atoms with Crippen molar-refractivity contribution in [2.45, 2.75) is 25.7 Å². The minimum Gasteiger partial charge on any atom is -0.391 e. The maximum atomic E-state index is 12.9. The molecule has 100 valence electrons. The fourth-order valence-corrected chi connectivity index (χ4v) is 2.32. The van der Waals surface area contributed by atoms with E-state index in [1.807, 2.05) is 30.3 Å². The molecule has 1 saturated heterocycles. The van der Waals surface area contributed by atoms with Crippen molar-refractivity contribution in [3.05, 3.63) is 35.9 Å². The number of halogens is 3. The molecule has 0 aliphatic carbocycles. The molecular formula is C13H16F3NO. The molecule has 2 unspecified atom stereocenters. The third-order valence-electron chi connectivity index (χ3n) is 3.62. The second-order valence-corrected chi connectivity index (χ2v) is 5.09. The van der Waals surface area contributed by atoms with E-state index in [0.29, 0.717) is 6.54 Å². The Bertz CT molecular complexity index is 406. The number of rotatable bonds is 2. The van der Waals surface area contributed by atoms with Crippen molar-refractivity contribution in [3.8, 4) is 0 Å². The zero-order valence-electron chi connectivity index (χ0n) is 10.1. The lowest BCUT2D eigenvalue weighted by Crippen LogP contribution is -2.44. The number of likely N-dealkylation sites (tertiary alicyclic amines) is 1. The van der Waals surface area contributed by atoms with Crippen LogP contribution in [0.25, 0.3) is 0 Å². The third-order valence-corrected chi connectivity index (χ3v) is 3.62. The van der Waals surface area contributed by atoms with Gasteiger partial charge in [-0.15, -0.1) is 0 Å². The number of β-amino-alcohol motifs (C(OH)–C–C–N with tert-alkyl or cyclic N) is 1. The lowest BCUT2D eigenvalue weighted by Gasteiger charge is -2.30. The molecule has 2 rings (SSSR count). The zero-order valence-corrected chi connectivity index (χ0v) is 10.1. The van der Waals surface area contributed by atoms with Gasteiger partial charge in [0.2, 0.25) is 0 Å². The van der Waals surface area contributed by atoms with E-state index in [4.69, 9.17) is 0 Å². The fraction of sp³-hybridized carbons (Fsp3) is 0.538. The Morgan fingerprint density at radius 3 is 2.44 bits per heavy atom. The summed E-state index contributed by atoms with van der Waals surface area (Å²) in [7, 11) is 0. The standard InChI is InChI=1S/C13H16F3NO/c1-12(13(14,15)16)9-17(8-11(12)18)7-10-5-3-2-4-6-10/h2-6,11,18H,7-9H2,1H3. The van der Waals surface area contributed by atoms with Crippen molar-refractivity contribution >= 4 is 0 Å². The predicted octanol–water partition coefficient (Wildman–Crippen LogP) is 2.43. The maximum Gasteiger partial charge on any atom is 0.397 e. The average molecular weight is 259 g/mol. The largest absolute Gasteiger partial charge is 0.397 e. The molecule has 0 saturated carbocycles. The Kier molecular flexibility index (Phi) is 3.38. The van der Waals surface area contributed by atoms with Crippen molar-refractivity contribution in [2.24, 2.45) is 5.41 Å². The van der Waals surface area contributed by atoms with E-state index < -0.39 is 17.7 Å². The number of hydrogen-bond donors (Lipinski definition) is 1. The van der Waals surface area contributed by atoms with Gasteiger partial charge in [0, 0.05) is 19.6 Å². The first kappa shape index (κ1) is 13.4. The highest BCUT2D eigenvalue weighted by atomic mass is 19.4. The number of hydrogen-bond acceptors (Lipinski definition) is 2. The van der Waals surface area contributed by atoms with Gasteiger partial charge in [0.15, 0.2) is 0 Å². The molecule has 1 heterocycles. The van der Waals surface area contributed by atoms with Crippen LogP contribution in [-0.2, 0) is 6.54 Å². The van der Waals surface area contributed by atoms with Gasteiger partial charge in [0.25, 0.3) is 0 Å². The Balaban J connectivity index is 2.08. The molecule has 1 aliphatic heterocycles. The maximum absolute atomic E-state index is 12.9. The van der Waals surface area contributed by atoms with Gasteiger partial charge in [-0.3, -0.25) is 4.90 Å². The van der Waals surface area contributed by atoms with Crippen LogP contribution in [-0.4, -0.2) is 35.4 Å². The highest BCUT2D eigenvalue weighted by Gasteiger charge is 2.59. The molecule has 1 aromatic carbocycles. The first-order valence-electron chi connectivity index (χ1n) is 5.84. The summed E-state index contributed by atoms with van der Waals surface area (Å²) in [6.07, 6.45) is -5.74. The lowest BCUT2D eigenvalue weighted by molar-refractivity contribution is -0.235. The van der Waals surface area contributed by atoms with Gasteiger partial charge in [-0.1, -0.05) is 30.3 Å². The Hall–Kier alpha value is -1.07. The lowest BCUT2D eigenvalue weighted by atomic mass is 9.86. The normalized spacial score (nSPS) is 29.7. The van der Waals surface area contributed by atoms with Crippen LogP contribution in [0.3, 0.4) is 0 Å². The second-order valence-electron chi connectivity index (χ2n) is 5.09. The molecule has 0 amide bonds. The average Bonchev–Trinajstić information content (AvgIpc) is 2.56. The summed E-state index contributed by atoms with van der Waals surface area (Å²) in [6.45, 7) is 1.42. The van der Waals surface area contributed by atoms with Crippen LogP contribution in [0.5, 0.6) is 0 Å². The van der Waals surface area contributed by atoms with Crippen molar-refractivity contribution in [2.75, 3.05) is 13.1 Å². The Morgan fingerprint density at radius 2 is 1.94 bits per heavy atom. The summed E-state index contributed by atoms with van der Waals surface area (Å²) in [5, 5.41) is 9.67. The Labute approximate surface area is 104 Å². The first-order valence-corrected chi connectivity index (χ1v) is 5.84. The highest BCUT2D eigenvalue weighted by molar-refractivity contribution is 5.15. The van der Waals surface area contributed by atoms with Crippen LogP contribution in [0.15, 0.2) is 30.3 Å². The van der Waals surface area contributed by atoms with E-state index in [1.165, 1.54) is 0 Å². The fourth-order valence-electron chi connectivity index (χ4n) is 2.32. The molecule has 1 aliphatic rings. The summed E-state index contributed by atoms with van der Waals surface area (Å²) in [5.74, 6) is 0. The molecule has 1 fully saturated rings. The van der Waals surface area contributed by atoms with E-state index in [2.05, 4.69) is 0 Å². The minimum absolute atomic E-state index is 0.0604. The van der Waals surface area contributed by atoms with Crippen LogP contribution in [0.4, 0.5) is 13.2 Å². The van der Waals surface area contributed by atoms with E-state index in [9.17, 15) is 18.3 Å². The van der Waals surface area contributed by atoms with Crippen molar-refractivity contribution in [1.82, 2.24) is 4.90 Å². The van der Waals surface area contributed by atoms with E-state index >= 15 is 0 Å². The molecule has 0 bridgehead atoms. The number of aliphatic hydroxyl groups excluding tert-OH is 1. The van der Waals surface area contributed by atoms with Crippen LogP contribution < -0.4 is 0 Å². The van der Waals surface area contributed by atoms with Crippen LogP contribution >= 0.6 is 0 Å². The van der Waals surface area contributed by atoms with E-state index in [1.54, 1.807) is 4.90 Å². The summed E-state index contributed by atoms with van der Waals surface area (Å²) in [5.41, 5.74) is -1.07. The van der Waals surface area contributed by atoms with Crippen LogP contribution in [0.2, 0.25) is 0 Å². The molecule has 2 nitrogen and oxygen atoms in total. The van der Waals surface area contributed by atoms with Gasteiger partial charge in [0.05, 0.1) is 6.10 Å². The summed E-state index contributed by atoms with van der Waals surface area (Å²) < 4.78 is 38.8. The van der Waals surface area contributed by atoms with Gasteiger partial charge in [-0.2, -0.15) is 13.2 Å². The summed E-state index contributed by atoms with van der Waals surface area (Å²) in [6, 6.07) is 9.31. The monoisotopic (exact) mass is 259 g/mol. The SMILES string of the molecule is CC1(C(F)(F)F)CN(Cc2ccccc2)CC1O. The summed E-state index contributed by atoms with van der Waals surface area (Å²) >= 11 is 0. The van der Waals surface area contributed by atoms with Crippen molar-refractivity contribution in [3.63, 3.8) is 0 Å². The molecule has 2 atom stereocenters. The highest BCUT2D eigenvalue weighted by Crippen LogP contribution is 2.45. The molecule has 1 aromatic rings. The zero-order chi connectivity index (χ0) is 13.4. The number of aliphatic hydroxyl groups is 1. The van der Waals surface area contributed by atoms with E-state index in [0.717, 1.165) is 12.5 Å². The van der Waals surface area contributed by atoms with Gasteiger partial charge in [0.1, 0.15) is 5.41 Å². The number of alkyl halides is 3. The molecule has 5 heteroatoms. The van der Waals surface area contributed by atoms with Gasteiger partial charge in [-0.05, 0) is 12.5 Å². The molecule has 18 heavy (non-hydrogen) atoms. The van der Waals surface area contributed by atoms with Crippen molar-refractivity contribution in [1.29, 1.82) is 0 Å². The molecular weight excluding hydrogens is 243 g/mol. The Morgan fingerprint density at radius 1 is 1.33 bits per heavy atom. The molecule has 0 aromatic heterocycles. The second kappa shape index (κ2) is 4.55. The predicted molar refractivity (Wildman–Crippen MR) is 61.9 cm³/mol. The number of nitrogens with zero attached hydrogens (tertiary/aromatic N) is 1. The van der Waals surface area contributed by atoms with E-state index in [-0.39, 0.29) is 13.1 Å². The van der Waals surface area contributed by atoms with Crippen molar-refractivity contribution < 1.29 is 18.3 Å². The van der Waals surface area contributed by atoms with Gasteiger partial charge in [-0.25, -0.2) is 0 Å². The summed E-state index contributed by atoms with van der Waals surface area (Å²) in [4.78, 5) is 1.65. The van der Waals surface area contributed by atoms with Crippen LogP contribution in [0.1, 0.15) is 12.5 Å². The third kappa shape index (κ3) is 2.37. The minimum atomic E-state index is -4.38. The smallest absolute Gasteiger partial charge is 0.391 e. The molecule has 0 radical (unpaired) electrons. The van der Waals surface area contributed by atoms with Gasteiger partial charge >= 0.3 is 6.18 Å².